The summed E-state index contributed by atoms with van der Waals surface area (Å²) >= 11 is 4.99. The van der Waals surface area contributed by atoms with Gasteiger partial charge in [0.05, 0.1) is 11.4 Å². The number of nitrogens with one attached hydrogen (secondary N) is 1. The third-order valence-corrected chi connectivity index (χ3v) is 3.67. The molecule has 0 unspecified atom stereocenters. The first-order valence-corrected chi connectivity index (χ1v) is 7.01. The van der Waals surface area contributed by atoms with Gasteiger partial charge in [-0.05, 0) is 46.3 Å². The highest BCUT2D eigenvalue weighted by Gasteiger charge is 2.05. The van der Waals surface area contributed by atoms with E-state index in [-0.39, 0.29) is 5.91 Å². The summed E-state index contributed by atoms with van der Waals surface area (Å²) < 4.78 is 0.807. The van der Waals surface area contributed by atoms with Gasteiger partial charge < -0.3 is 11.1 Å². The number of rotatable bonds is 5. The summed E-state index contributed by atoms with van der Waals surface area (Å²) in [5.41, 5.74) is 7.04. The van der Waals surface area contributed by atoms with E-state index in [1.54, 1.807) is 30.0 Å². The SMILES string of the molecule is CCCSCC(=O)Nc1ccc(N)cc1Br. The summed E-state index contributed by atoms with van der Waals surface area (Å²) in [5, 5.41) is 2.83. The van der Waals surface area contributed by atoms with Gasteiger partial charge in [-0.2, -0.15) is 11.8 Å². The lowest BCUT2D eigenvalue weighted by atomic mass is 10.3. The quantitative estimate of drug-likeness (QED) is 0.649. The minimum Gasteiger partial charge on any atom is -0.399 e. The second-order valence-corrected chi connectivity index (χ2v) is 5.30. The van der Waals surface area contributed by atoms with Gasteiger partial charge in [0, 0.05) is 10.2 Å². The van der Waals surface area contributed by atoms with Crippen LogP contribution in [0.4, 0.5) is 11.4 Å². The van der Waals surface area contributed by atoms with Crippen molar-refractivity contribution < 1.29 is 4.79 Å². The number of carbonyl (C=O) groups excluding carboxylic acids is 1. The normalized spacial score (nSPS) is 10.1. The molecule has 16 heavy (non-hydrogen) atoms. The summed E-state index contributed by atoms with van der Waals surface area (Å²) in [6, 6.07) is 5.33. The van der Waals surface area contributed by atoms with Crippen molar-refractivity contribution in [2.24, 2.45) is 0 Å². The minimum absolute atomic E-state index is 0.0175. The highest BCUT2D eigenvalue weighted by molar-refractivity contribution is 9.10. The first-order chi connectivity index (χ1) is 7.63. The number of carbonyl (C=O) groups is 1. The number of halogens is 1. The molecule has 1 rings (SSSR count). The van der Waals surface area contributed by atoms with Crippen molar-refractivity contribution in [2.45, 2.75) is 13.3 Å². The fourth-order valence-electron chi connectivity index (χ4n) is 1.13. The van der Waals surface area contributed by atoms with Crippen LogP contribution in [-0.2, 0) is 4.79 Å². The number of thioether (sulfide) groups is 1. The Kier molecular flexibility index (Phi) is 5.69. The van der Waals surface area contributed by atoms with Crippen molar-refractivity contribution >= 4 is 45.0 Å². The van der Waals surface area contributed by atoms with E-state index in [2.05, 4.69) is 28.2 Å². The van der Waals surface area contributed by atoms with Gasteiger partial charge in [0.2, 0.25) is 5.91 Å². The monoisotopic (exact) mass is 302 g/mol. The van der Waals surface area contributed by atoms with Gasteiger partial charge in [-0.25, -0.2) is 0 Å². The number of amides is 1. The Morgan fingerprint density at radius 3 is 2.94 bits per heavy atom. The maximum atomic E-state index is 11.5. The number of hydrogen-bond acceptors (Lipinski definition) is 3. The number of nitrogens with two attached hydrogens (primary N) is 1. The van der Waals surface area contributed by atoms with E-state index in [1.807, 2.05) is 0 Å². The smallest absolute Gasteiger partial charge is 0.234 e. The standard InChI is InChI=1S/C11H15BrN2OS/c1-2-5-16-7-11(15)14-10-4-3-8(13)6-9(10)12/h3-4,6H,2,5,7,13H2,1H3,(H,14,15). The van der Waals surface area contributed by atoms with Crippen LogP contribution in [0.15, 0.2) is 22.7 Å². The molecule has 0 radical (unpaired) electrons. The van der Waals surface area contributed by atoms with E-state index in [0.717, 1.165) is 22.3 Å². The van der Waals surface area contributed by atoms with E-state index in [4.69, 9.17) is 5.73 Å². The molecule has 0 atom stereocenters. The average molecular weight is 303 g/mol. The van der Waals surface area contributed by atoms with Crippen LogP contribution in [0.1, 0.15) is 13.3 Å². The summed E-state index contributed by atoms with van der Waals surface area (Å²) in [6.45, 7) is 2.10. The summed E-state index contributed by atoms with van der Waals surface area (Å²) in [7, 11) is 0. The zero-order chi connectivity index (χ0) is 12.0. The van der Waals surface area contributed by atoms with Gasteiger partial charge in [0.1, 0.15) is 0 Å². The molecule has 3 nitrogen and oxygen atoms in total. The lowest BCUT2D eigenvalue weighted by molar-refractivity contribution is -0.113. The lowest BCUT2D eigenvalue weighted by Crippen LogP contribution is -2.14. The van der Waals surface area contributed by atoms with E-state index < -0.39 is 0 Å². The fourth-order valence-corrected chi connectivity index (χ4v) is 2.31. The molecule has 0 aromatic heterocycles. The molecule has 0 saturated carbocycles. The van der Waals surface area contributed by atoms with Gasteiger partial charge in [-0.1, -0.05) is 6.92 Å². The van der Waals surface area contributed by atoms with Crippen LogP contribution < -0.4 is 11.1 Å². The van der Waals surface area contributed by atoms with E-state index >= 15 is 0 Å². The molecule has 0 saturated heterocycles. The van der Waals surface area contributed by atoms with Crippen LogP contribution in [0, 0.1) is 0 Å². The van der Waals surface area contributed by atoms with Gasteiger partial charge in [-0.3, -0.25) is 4.79 Å². The van der Waals surface area contributed by atoms with Gasteiger partial charge >= 0.3 is 0 Å². The van der Waals surface area contributed by atoms with E-state index in [0.29, 0.717) is 11.4 Å². The highest BCUT2D eigenvalue weighted by Crippen LogP contribution is 2.24. The molecular weight excluding hydrogens is 288 g/mol. The zero-order valence-electron chi connectivity index (χ0n) is 9.13. The van der Waals surface area contributed by atoms with Gasteiger partial charge in [0.15, 0.2) is 0 Å². The van der Waals surface area contributed by atoms with Crippen LogP contribution in [0.5, 0.6) is 0 Å². The van der Waals surface area contributed by atoms with E-state index in [9.17, 15) is 4.79 Å². The fraction of sp³-hybridized carbons (Fsp3) is 0.364. The van der Waals surface area contributed by atoms with Gasteiger partial charge in [-0.15, -0.1) is 0 Å². The lowest BCUT2D eigenvalue weighted by Gasteiger charge is -2.07. The molecular formula is C11H15BrN2OS. The zero-order valence-corrected chi connectivity index (χ0v) is 11.5. The molecule has 3 N–H and O–H groups in total. The van der Waals surface area contributed by atoms with Crippen LogP contribution in [0.3, 0.4) is 0 Å². The van der Waals surface area contributed by atoms with Crippen LogP contribution in [0.25, 0.3) is 0 Å². The Labute approximate surface area is 108 Å². The van der Waals surface area contributed by atoms with Crippen LogP contribution in [-0.4, -0.2) is 17.4 Å². The van der Waals surface area contributed by atoms with Crippen molar-refractivity contribution in [2.75, 3.05) is 22.6 Å². The summed E-state index contributed by atoms with van der Waals surface area (Å²) in [5.74, 6) is 1.52. The predicted octanol–water partition coefficient (Wildman–Crippen LogP) is 3.11. The molecule has 1 amide bonds. The number of nitrogen functional groups attached to an aromatic ring is 1. The Morgan fingerprint density at radius 1 is 1.56 bits per heavy atom. The molecule has 0 aliphatic heterocycles. The Bertz CT molecular complexity index is 371. The van der Waals surface area contributed by atoms with Crippen molar-refractivity contribution in [3.63, 3.8) is 0 Å². The first-order valence-electron chi connectivity index (χ1n) is 5.06. The molecule has 1 aromatic carbocycles. The second kappa shape index (κ2) is 6.81. The molecule has 1 aromatic rings. The molecule has 0 bridgehead atoms. The number of benzene rings is 1. The third kappa shape index (κ3) is 4.45. The second-order valence-electron chi connectivity index (χ2n) is 3.34. The average Bonchev–Trinajstić information content (AvgIpc) is 2.23. The summed E-state index contributed by atoms with van der Waals surface area (Å²) in [4.78, 5) is 11.5. The van der Waals surface area contributed by atoms with Crippen molar-refractivity contribution in [3.8, 4) is 0 Å². The summed E-state index contributed by atoms with van der Waals surface area (Å²) in [6.07, 6.45) is 1.09. The predicted molar refractivity (Wildman–Crippen MR) is 74.8 cm³/mol. The molecule has 88 valence electrons. The Hall–Kier alpha value is -0.680. The first kappa shape index (κ1) is 13.4. The maximum absolute atomic E-state index is 11.5. The van der Waals surface area contributed by atoms with Gasteiger partial charge in [0.25, 0.3) is 0 Å². The maximum Gasteiger partial charge on any atom is 0.234 e. The van der Waals surface area contributed by atoms with E-state index in [1.165, 1.54) is 0 Å². The van der Waals surface area contributed by atoms with Crippen LogP contribution >= 0.6 is 27.7 Å². The van der Waals surface area contributed by atoms with Crippen molar-refractivity contribution in [3.05, 3.63) is 22.7 Å². The molecule has 5 heteroatoms. The number of hydrogen-bond donors (Lipinski definition) is 2. The minimum atomic E-state index is 0.0175. The molecule has 0 aliphatic rings. The topological polar surface area (TPSA) is 55.1 Å². The van der Waals surface area contributed by atoms with Crippen molar-refractivity contribution in [1.82, 2.24) is 0 Å². The van der Waals surface area contributed by atoms with Crippen LogP contribution in [0.2, 0.25) is 0 Å². The molecule has 0 fully saturated rings. The highest BCUT2D eigenvalue weighted by atomic mass is 79.9. The number of anilines is 2. The molecule has 0 spiro atoms. The molecule has 0 aliphatic carbocycles. The molecule has 0 heterocycles. The largest absolute Gasteiger partial charge is 0.399 e. The Morgan fingerprint density at radius 2 is 2.31 bits per heavy atom. The third-order valence-electron chi connectivity index (χ3n) is 1.85. The van der Waals surface area contributed by atoms with Crippen molar-refractivity contribution in [1.29, 1.82) is 0 Å². The Balaban J connectivity index is 2.49.